The number of amides is 1. The molecule has 1 amide bonds. The minimum Gasteiger partial charge on any atom is -0.379 e. The predicted molar refractivity (Wildman–Crippen MR) is 76.0 cm³/mol. The molecule has 1 fully saturated rings. The fourth-order valence-electron chi connectivity index (χ4n) is 2.19. The third-order valence-electron chi connectivity index (χ3n) is 3.43. The Morgan fingerprint density at radius 3 is 2.95 bits per heavy atom. The van der Waals surface area contributed by atoms with Gasteiger partial charge in [0.2, 0.25) is 5.91 Å². The minimum atomic E-state index is -0.217. The molecule has 19 heavy (non-hydrogen) atoms. The van der Waals surface area contributed by atoms with E-state index in [2.05, 4.69) is 16.3 Å². The topological polar surface area (TPSA) is 67.6 Å². The van der Waals surface area contributed by atoms with Crippen LogP contribution in [0.4, 0.5) is 0 Å². The molecule has 3 unspecified atom stereocenters. The lowest BCUT2D eigenvalue weighted by molar-refractivity contribution is -0.125. The van der Waals surface area contributed by atoms with Gasteiger partial charge in [0.25, 0.3) is 0 Å². The number of rotatable bonds is 5. The van der Waals surface area contributed by atoms with Crippen molar-refractivity contribution in [2.75, 3.05) is 33.9 Å². The Bertz CT molecular complexity index is 408. The Morgan fingerprint density at radius 2 is 2.42 bits per heavy atom. The fourth-order valence-corrected chi connectivity index (χ4v) is 3.11. The molecule has 0 radical (unpaired) electrons. The normalized spacial score (nSPS) is 24.6. The van der Waals surface area contributed by atoms with Crippen LogP contribution in [0.1, 0.15) is 10.9 Å². The molecule has 3 atom stereocenters. The summed E-state index contributed by atoms with van der Waals surface area (Å²) in [7, 11) is 4.03. The number of carbonyl (C=O) groups is 1. The van der Waals surface area contributed by atoms with Crippen molar-refractivity contribution in [3.63, 3.8) is 0 Å². The summed E-state index contributed by atoms with van der Waals surface area (Å²) in [4.78, 5) is 15.4. The zero-order valence-electron chi connectivity index (χ0n) is 11.3. The first-order valence-corrected chi connectivity index (χ1v) is 7.28. The minimum absolute atomic E-state index is 0.00611. The molecule has 5 nitrogen and oxygen atoms in total. The first-order valence-electron chi connectivity index (χ1n) is 6.40. The summed E-state index contributed by atoms with van der Waals surface area (Å²) in [5.41, 5.74) is 5.85. The van der Waals surface area contributed by atoms with Gasteiger partial charge in [0.15, 0.2) is 0 Å². The number of likely N-dealkylation sites (N-methyl/N-ethyl adjacent to an activating group) is 1. The third-order valence-corrected chi connectivity index (χ3v) is 4.40. The van der Waals surface area contributed by atoms with E-state index < -0.39 is 0 Å². The smallest absolute Gasteiger partial charge is 0.227 e. The summed E-state index contributed by atoms with van der Waals surface area (Å²) in [6.45, 7) is 1.49. The lowest BCUT2D eigenvalue weighted by atomic mass is 10.0. The highest BCUT2D eigenvalue weighted by Crippen LogP contribution is 2.22. The van der Waals surface area contributed by atoms with E-state index >= 15 is 0 Å². The van der Waals surface area contributed by atoms with Gasteiger partial charge in [0.05, 0.1) is 25.2 Å². The number of nitrogens with one attached hydrogen (secondary N) is 1. The highest BCUT2D eigenvalue weighted by Gasteiger charge is 2.31. The summed E-state index contributed by atoms with van der Waals surface area (Å²) in [6, 6.07) is 4.13. The van der Waals surface area contributed by atoms with Crippen molar-refractivity contribution in [1.29, 1.82) is 0 Å². The fraction of sp³-hybridized carbons (Fsp3) is 0.615. The number of nitrogens with zero attached hydrogens (tertiary/aromatic N) is 1. The average molecular weight is 283 g/mol. The second kappa shape index (κ2) is 6.47. The van der Waals surface area contributed by atoms with Gasteiger partial charge in [0, 0.05) is 17.5 Å². The van der Waals surface area contributed by atoms with E-state index in [0.717, 1.165) is 0 Å². The molecule has 1 aromatic heterocycles. The van der Waals surface area contributed by atoms with Gasteiger partial charge in [-0.05, 0) is 25.5 Å². The molecule has 3 N–H and O–H groups in total. The molecular formula is C13H21N3O2S. The van der Waals surface area contributed by atoms with Gasteiger partial charge >= 0.3 is 0 Å². The molecule has 0 saturated carbocycles. The van der Waals surface area contributed by atoms with Gasteiger partial charge in [-0.2, -0.15) is 0 Å². The monoisotopic (exact) mass is 283 g/mol. The second-order valence-corrected chi connectivity index (χ2v) is 6.03. The molecule has 1 aromatic rings. The van der Waals surface area contributed by atoms with E-state index in [0.29, 0.717) is 19.8 Å². The Morgan fingerprint density at radius 1 is 1.63 bits per heavy atom. The molecule has 2 rings (SSSR count). The molecule has 1 aliphatic rings. The van der Waals surface area contributed by atoms with Crippen molar-refractivity contribution < 1.29 is 9.53 Å². The first kappa shape index (κ1) is 14.5. The summed E-state index contributed by atoms with van der Waals surface area (Å²) in [5.74, 6) is -0.223. The highest BCUT2D eigenvalue weighted by molar-refractivity contribution is 7.10. The molecular weight excluding hydrogens is 262 g/mol. The van der Waals surface area contributed by atoms with Crippen LogP contribution in [0, 0.1) is 5.92 Å². The van der Waals surface area contributed by atoms with E-state index in [9.17, 15) is 4.79 Å². The molecule has 1 aliphatic heterocycles. The van der Waals surface area contributed by atoms with Crippen LogP contribution in [-0.2, 0) is 9.53 Å². The van der Waals surface area contributed by atoms with Gasteiger partial charge in [-0.15, -0.1) is 11.3 Å². The molecule has 0 aliphatic carbocycles. The van der Waals surface area contributed by atoms with Gasteiger partial charge in [-0.3, -0.25) is 4.79 Å². The van der Waals surface area contributed by atoms with Crippen molar-refractivity contribution in [3.8, 4) is 0 Å². The summed E-state index contributed by atoms with van der Waals surface area (Å²) >= 11 is 1.70. The summed E-state index contributed by atoms with van der Waals surface area (Å²) in [5, 5.41) is 5.04. The maximum Gasteiger partial charge on any atom is 0.227 e. The van der Waals surface area contributed by atoms with E-state index in [4.69, 9.17) is 10.5 Å². The molecule has 106 valence electrons. The maximum absolute atomic E-state index is 12.1. The van der Waals surface area contributed by atoms with Gasteiger partial charge < -0.3 is 20.7 Å². The van der Waals surface area contributed by atoms with E-state index in [-0.39, 0.29) is 23.9 Å². The highest BCUT2D eigenvalue weighted by atomic mass is 32.1. The number of nitrogens with two attached hydrogens (primary N) is 1. The maximum atomic E-state index is 12.1. The lowest BCUT2D eigenvalue weighted by Gasteiger charge is -2.24. The van der Waals surface area contributed by atoms with Crippen LogP contribution < -0.4 is 11.1 Å². The van der Waals surface area contributed by atoms with E-state index in [1.54, 1.807) is 11.3 Å². The van der Waals surface area contributed by atoms with Crippen molar-refractivity contribution >= 4 is 17.2 Å². The predicted octanol–water partition coefficient (Wildman–Crippen LogP) is 0.441. The number of hydrogen-bond donors (Lipinski definition) is 2. The third kappa shape index (κ3) is 3.54. The zero-order valence-corrected chi connectivity index (χ0v) is 12.2. The zero-order chi connectivity index (χ0) is 13.8. The average Bonchev–Trinajstić information content (AvgIpc) is 3.00. The van der Waals surface area contributed by atoms with Crippen LogP contribution in [0.15, 0.2) is 17.5 Å². The van der Waals surface area contributed by atoms with Gasteiger partial charge in [-0.1, -0.05) is 6.07 Å². The van der Waals surface area contributed by atoms with Crippen LogP contribution in [-0.4, -0.2) is 50.7 Å². The Hall–Kier alpha value is -0.950. The summed E-state index contributed by atoms with van der Waals surface area (Å²) < 4.78 is 5.22. The number of ether oxygens (including phenoxy) is 1. The second-order valence-electron chi connectivity index (χ2n) is 5.05. The Balaban J connectivity index is 1.90. The molecule has 2 heterocycles. The standard InChI is InChI=1S/C13H21N3O2S/c1-16(2)11(12-4-3-5-19-12)6-15-13(17)9-7-18-8-10(9)14/h3-5,9-11H,6-8,14H2,1-2H3,(H,15,17). The molecule has 1 saturated heterocycles. The van der Waals surface area contributed by atoms with Gasteiger partial charge in [0.1, 0.15) is 0 Å². The van der Waals surface area contributed by atoms with Crippen LogP contribution in [0.5, 0.6) is 0 Å². The largest absolute Gasteiger partial charge is 0.379 e. The van der Waals surface area contributed by atoms with Crippen molar-refractivity contribution in [2.45, 2.75) is 12.1 Å². The van der Waals surface area contributed by atoms with E-state index in [1.807, 2.05) is 25.5 Å². The van der Waals surface area contributed by atoms with Crippen LogP contribution >= 0.6 is 11.3 Å². The Labute approximate surface area is 117 Å². The molecule has 0 bridgehead atoms. The lowest BCUT2D eigenvalue weighted by Crippen LogP contribution is -2.43. The van der Waals surface area contributed by atoms with Gasteiger partial charge in [-0.25, -0.2) is 0 Å². The summed E-state index contributed by atoms with van der Waals surface area (Å²) in [6.07, 6.45) is 0. The Kier molecular flexibility index (Phi) is 4.93. The number of carbonyl (C=O) groups excluding carboxylic acids is 1. The molecule has 0 aromatic carbocycles. The van der Waals surface area contributed by atoms with Crippen molar-refractivity contribution in [1.82, 2.24) is 10.2 Å². The first-order chi connectivity index (χ1) is 9.09. The number of thiophene rings is 1. The van der Waals surface area contributed by atoms with Crippen LogP contribution in [0.25, 0.3) is 0 Å². The van der Waals surface area contributed by atoms with Crippen molar-refractivity contribution in [3.05, 3.63) is 22.4 Å². The molecule has 0 spiro atoms. The molecule has 6 heteroatoms. The van der Waals surface area contributed by atoms with Crippen LogP contribution in [0.3, 0.4) is 0 Å². The van der Waals surface area contributed by atoms with Crippen LogP contribution in [0.2, 0.25) is 0 Å². The quantitative estimate of drug-likeness (QED) is 0.823. The van der Waals surface area contributed by atoms with E-state index in [1.165, 1.54) is 4.88 Å². The number of hydrogen-bond acceptors (Lipinski definition) is 5. The SMILES string of the molecule is CN(C)C(CNC(=O)C1COCC1N)c1cccs1. The van der Waals surface area contributed by atoms with Crippen molar-refractivity contribution in [2.24, 2.45) is 11.7 Å².